The molecule has 6 heteroatoms. The second-order valence-corrected chi connectivity index (χ2v) is 5.04. The Morgan fingerprint density at radius 3 is 2.52 bits per heavy atom. The lowest BCUT2D eigenvalue weighted by Crippen LogP contribution is -2.06. The molecule has 0 aliphatic rings. The Morgan fingerprint density at radius 2 is 1.87 bits per heavy atom. The van der Waals surface area contributed by atoms with Crippen molar-refractivity contribution in [1.29, 1.82) is 0 Å². The van der Waals surface area contributed by atoms with Gasteiger partial charge in [-0.2, -0.15) is 5.10 Å². The van der Waals surface area contributed by atoms with Gasteiger partial charge in [-0.05, 0) is 37.4 Å². The van der Waals surface area contributed by atoms with Gasteiger partial charge in [-0.1, -0.05) is 18.2 Å². The number of nitrogens with zero attached hydrogens (tertiary/aromatic N) is 3. The summed E-state index contributed by atoms with van der Waals surface area (Å²) in [4.78, 5) is 10.9. The van der Waals surface area contributed by atoms with E-state index in [-0.39, 0.29) is 5.56 Å². The number of hydroxylamine groups is 1. The molecule has 0 saturated heterocycles. The summed E-state index contributed by atoms with van der Waals surface area (Å²) in [6.07, 6.45) is 3.48. The molecule has 0 saturated carbocycles. The molecule has 0 unspecified atom stereocenters. The molecule has 3 aromatic rings. The third kappa shape index (κ3) is 2.93. The van der Waals surface area contributed by atoms with Crippen molar-refractivity contribution in [3.05, 3.63) is 71.7 Å². The van der Waals surface area contributed by atoms with Gasteiger partial charge in [-0.15, -0.1) is 0 Å². The zero-order chi connectivity index (χ0) is 16.4. The minimum atomic E-state index is -0.967. The maximum atomic E-state index is 11.7. The topological polar surface area (TPSA) is 81.4 Å². The molecule has 1 aromatic heterocycles. The molecule has 0 aliphatic heterocycles. The number of carbonyl (C=O) groups is 1. The van der Waals surface area contributed by atoms with Gasteiger partial charge in [0.1, 0.15) is 0 Å². The fraction of sp³-hybridized carbons (Fsp3) is 0.0588. The molecule has 1 heterocycles. The number of hydrogen-bond donors (Lipinski definition) is 1. The fourth-order valence-corrected chi connectivity index (χ4v) is 2.35. The van der Waals surface area contributed by atoms with Crippen LogP contribution in [0, 0.1) is 5.21 Å². The fourth-order valence-electron chi connectivity index (χ4n) is 2.35. The first kappa shape index (κ1) is 14.8. The van der Waals surface area contributed by atoms with E-state index in [9.17, 15) is 10.0 Å². The normalized spacial score (nSPS) is 10.5. The van der Waals surface area contributed by atoms with E-state index in [1.165, 1.54) is 19.2 Å². The molecule has 0 bridgehead atoms. The highest BCUT2D eigenvalue weighted by Crippen LogP contribution is 2.29. The largest absolute Gasteiger partial charge is 0.758 e. The number of anilines is 1. The maximum absolute atomic E-state index is 11.7. The average Bonchev–Trinajstić information content (AvgIpc) is 3.04. The van der Waals surface area contributed by atoms with Crippen LogP contribution in [0.5, 0.6) is 0 Å². The molecule has 3 rings (SSSR count). The van der Waals surface area contributed by atoms with Crippen LogP contribution in [0.2, 0.25) is 0 Å². The van der Waals surface area contributed by atoms with Crippen LogP contribution in [0.3, 0.4) is 0 Å². The summed E-state index contributed by atoms with van der Waals surface area (Å²) < 4.78 is 1.64. The van der Waals surface area contributed by atoms with E-state index in [1.807, 2.05) is 18.2 Å². The standard InChI is InChI=1S/C17H14N3O3/c1-19(23)16-5-3-2-4-15(16)13-10-18-20(11-13)14-8-6-12(7-9-14)17(21)22/h2-11H,1H3,(H,21,22)/q-1. The Morgan fingerprint density at radius 1 is 1.17 bits per heavy atom. The van der Waals surface area contributed by atoms with Crippen molar-refractivity contribution in [1.82, 2.24) is 9.78 Å². The third-order valence-corrected chi connectivity index (χ3v) is 3.52. The highest BCUT2D eigenvalue weighted by molar-refractivity contribution is 5.87. The number of para-hydroxylation sites is 1. The van der Waals surface area contributed by atoms with Gasteiger partial charge in [-0.25, -0.2) is 9.48 Å². The summed E-state index contributed by atoms with van der Waals surface area (Å²) in [6, 6.07) is 13.7. The number of aromatic nitrogens is 2. The van der Waals surface area contributed by atoms with Crippen LogP contribution in [0.4, 0.5) is 5.69 Å². The van der Waals surface area contributed by atoms with Crippen molar-refractivity contribution in [2.75, 3.05) is 12.1 Å². The highest BCUT2D eigenvalue weighted by atomic mass is 16.5. The van der Waals surface area contributed by atoms with Gasteiger partial charge in [-0.3, -0.25) is 0 Å². The lowest BCUT2D eigenvalue weighted by atomic mass is 10.1. The van der Waals surface area contributed by atoms with E-state index >= 15 is 0 Å². The van der Waals surface area contributed by atoms with Crippen LogP contribution in [0.1, 0.15) is 10.4 Å². The van der Waals surface area contributed by atoms with Gasteiger partial charge in [0, 0.05) is 23.0 Å². The molecule has 1 N–H and O–H groups in total. The van der Waals surface area contributed by atoms with Gasteiger partial charge in [0.2, 0.25) is 0 Å². The molecule has 0 atom stereocenters. The van der Waals surface area contributed by atoms with Gasteiger partial charge in [0.25, 0.3) is 0 Å². The van der Waals surface area contributed by atoms with Gasteiger partial charge >= 0.3 is 5.97 Å². The average molecular weight is 308 g/mol. The van der Waals surface area contributed by atoms with Crippen LogP contribution in [-0.4, -0.2) is 27.9 Å². The number of carboxylic acids is 1. The van der Waals surface area contributed by atoms with E-state index < -0.39 is 5.97 Å². The number of rotatable bonds is 4. The van der Waals surface area contributed by atoms with Gasteiger partial charge in [0.05, 0.1) is 17.4 Å². The Kier molecular flexibility index (Phi) is 3.82. The van der Waals surface area contributed by atoms with Gasteiger partial charge in [0.15, 0.2) is 0 Å². The Bertz CT molecular complexity index is 838. The first-order chi connectivity index (χ1) is 11.1. The van der Waals surface area contributed by atoms with Crippen LogP contribution in [-0.2, 0) is 0 Å². The van der Waals surface area contributed by atoms with E-state index in [0.29, 0.717) is 5.69 Å². The summed E-state index contributed by atoms with van der Waals surface area (Å²) in [5, 5.41) is 25.7. The number of benzene rings is 2. The molecule has 116 valence electrons. The van der Waals surface area contributed by atoms with E-state index in [1.54, 1.807) is 35.3 Å². The Labute approximate surface area is 132 Å². The van der Waals surface area contributed by atoms with Crippen molar-refractivity contribution in [3.63, 3.8) is 0 Å². The first-order valence-corrected chi connectivity index (χ1v) is 6.95. The van der Waals surface area contributed by atoms with Crippen LogP contribution in [0.25, 0.3) is 16.8 Å². The number of aromatic carboxylic acids is 1. The molecule has 23 heavy (non-hydrogen) atoms. The molecule has 0 amide bonds. The SMILES string of the molecule is CN([O-])c1ccccc1-c1cnn(-c2ccc(C(=O)O)cc2)c1. The molecule has 2 aromatic carbocycles. The molecular formula is C17H14N3O3-. The lowest BCUT2D eigenvalue weighted by molar-refractivity contribution is 0.0697. The molecule has 0 spiro atoms. The van der Waals surface area contributed by atoms with Crippen molar-refractivity contribution >= 4 is 11.7 Å². The van der Waals surface area contributed by atoms with E-state index in [4.69, 9.17) is 5.11 Å². The lowest BCUT2D eigenvalue weighted by Gasteiger charge is -2.27. The van der Waals surface area contributed by atoms with Crippen molar-refractivity contribution < 1.29 is 9.90 Å². The Balaban J connectivity index is 1.96. The van der Waals surface area contributed by atoms with Crippen molar-refractivity contribution in [3.8, 4) is 16.8 Å². The second kappa shape index (κ2) is 5.94. The zero-order valence-corrected chi connectivity index (χ0v) is 12.4. The molecule has 0 aliphatic carbocycles. The van der Waals surface area contributed by atoms with Crippen LogP contribution in [0.15, 0.2) is 60.9 Å². The number of carboxylic acid groups (broad SMARTS) is 1. The third-order valence-electron chi connectivity index (χ3n) is 3.52. The maximum Gasteiger partial charge on any atom is 0.335 e. The minimum Gasteiger partial charge on any atom is -0.758 e. The second-order valence-electron chi connectivity index (χ2n) is 5.04. The first-order valence-electron chi connectivity index (χ1n) is 6.95. The summed E-state index contributed by atoms with van der Waals surface area (Å²) >= 11 is 0. The highest BCUT2D eigenvalue weighted by Gasteiger charge is 2.08. The molecule has 0 radical (unpaired) electrons. The monoisotopic (exact) mass is 308 g/mol. The summed E-state index contributed by atoms with van der Waals surface area (Å²) in [6.45, 7) is 0. The smallest absolute Gasteiger partial charge is 0.335 e. The predicted octanol–water partition coefficient (Wildman–Crippen LogP) is 3.17. The molecule has 0 fully saturated rings. The predicted molar refractivity (Wildman–Crippen MR) is 87.7 cm³/mol. The minimum absolute atomic E-state index is 0.222. The zero-order valence-electron chi connectivity index (χ0n) is 12.4. The Hall–Kier alpha value is -3.12. The number of hydrogen-bond acceptors (Lipinski definition) is 4. The van der Waals surface area contributed by atoms with Crippen molar-refractivity contribution in [2.24, 2.45) is 0 Å². The van der Waals surface area contributed by atoms with Crippen LogP contribution >= 0.6 is 0 Å². The quantitative estimate of drug-likeness (QED) is 0.749. The van der Waals surface area contributed by atoms with Crippen molar-refractivity contribution in [2.45, 2.75) is 0 Å². The van der Waals surface area contributed by atoms with Gasteiger partial charge < -0.3 is 15.4 Å². The van der Waals surface area contributed by atoms with E-state index in [2.05, 4.69) is 5.10 Å². The summed E-state index contributed by atoms with van der Waals surface area (Å²) in [5.41, 5.74) is 3.13. The summed E-state index contributed by atoms with van der Waals surface area (Å²) in [7, 11) is 1.45. The van der Waals surface area contributed by atoms with E-state index in [0.717, 1.165) is 21.9 Å². The molecular weight excluding hydrogens is 294 g/mol. The molecule has 6 nitrogen and oxygen atoms in total. The van der Waals surface area contributed by atoms with Crippen LogP contribution < -0.4 is 5.06 Å². The summed E-state index contributed by atoms with van der Waals surface area (Å²) in [5.74, 6) is -0.967.